The average Bonchev–Trinajstić information content (AvgIpc) is 3.92. The van der Waals surface area contributed by atoms with Crippen LogP contribution in [0.4, 0.5) is 17.1 Å². The Hall–Kier alpha value is -8.66. The lowest BCUT2D eigenvalue weighted by atomic mass is 9.98. The zero-order valence-corrected chi connectivity index (χ0v) is 35.4. The number of rotatable bonds is 7. The molecule has 2 aromatic heterocycles. The van der Waals surface area contributed by atoms with Crippen molar-refractivity contribution < 1.29 is 4.42 Å². The Balaban J connectivity index is 0.883. The van der Waals surface area contributed by atoms with Gasteiger partial charge in [-0.15, -0.1) is 0 Å². The Morgan fingerprint density at radius 3 is 1.63 bits per heavy atom. The van der Waals surface area contributed by atoms with Gasteiger partial charge in [-0.25, -0.2) is 0 Å². The predicted octanol–water partition coefficient (Wildman–Crippen LogP) is 17.5. The molecule has 65 heavy (non-hydrogen) atoms. The van der Waals surface area contributed by atoms with E-state index in [2.05, 4.69) is 240 Å². The molecule has 0 aliphatic carbocycles. The van der Waals surface area contributed by atoms with Crippen molar-refractivity contribution in [3.63, 3.8) is 0 Å². The van der Waals surface area contributed by atoms with Crippen molar-refractivity contribution in [2.45, 2.75) is 0 Å². The second kappa shape index (κ2) is 15.0. The van der Waals surface area contributed by atoms with E-state index in [1.807, 2.05) is 12.1 Å². The molecule has 0 N–H and O–H groups in total. The summed E-state index contributed by atoms with van der Waals surface area (Å²) in [4.78, 5) is 2.40. The highest BCUT2D eigenvalue weighted by Crippen LogP contribution is 2.44. The van der Waals surface area contributed by atoms with E-state index in [1.54, 1.807) is 0 Å². The lowest BCUT2D eigenvalue weighted by Crippen LogP contribution is -2.11. The Kier molecular flexibility index (Phi) is 8.53. The number of furan rings is 1. The third-order valence-electron chi connectivity index (χ3n) is 13.2. The van der Waals surface area contributed by atoms with Crippen molar-refractivity contribution in [3.8, 4) is 39.1 Å². The van der Waals surface area contributed by atoms with Crippen molar-refractivity contribution in [1.29, 1.82) is 0 Å². The first-order valence-corrected chi connectivity index (χ1v) is 22.2. The molecule has 3 heteroatoms. The third-order valence-corrected chi connectivity index (χ3v) is 13.2. The number of para-hydroxylation sites is 4. The monoisotopic (exact) mass is 828 g/mol. The van der Waals surface area contributed by atoms with Gasteiger partial charge in [-0.05, 0) is 122 Å². The molecule has 13 rings (SSSR count). The summed E-state index contributed by atoms with van der Waals surface area (Å²) >= 11 is 0. The van der Waals surface area contributed by atoms with Crippen LogP contribution < -0.4 is 4.90 Å². The molecule has 3 nitrogen and oxygen atoms in total. The summed E-state index contributed by atoms with van der Waals surface area (Å²) < 4.78 is 8.78. The summed E-state index contributed by atoms with van der Waals surface area (Å²) in [6.45, 7) is 0. The quantitative estimate of drug-likeness (QED) is 0.149. The topological polar surface area (TPSA) is 21.3 Å². The van der Waals surface area contributed by atoms with Crippen LogP contribution in [0.5, 0.6) is 0 Å². The maximum absolute atomic E-state index is 6.39. The number of hydrogen-bond donors (Lipinski definition) is 0. The first kappa shape index (κ1) is 36.9. The highest BCUT2D eigenvalue weighted by Gasteiger charge is 2.20. The van der Waals surface area contributed by atoms with Gasteiger partial charge in [0.05, 0.1) is 16.7 Å². The lowest BCUT2D eigenvalue weighted by Gasteiger charge is -2.28. The van der Waals surface area contributed by atoms with Gasteiger partial charge < -0.3 is 13.9 Å². The fourth-order valence-electron chi connectivity index (χ4n) is 10.0. The molecule has 0 aliphatic rings. The molecule has 0 unspecified atom stereocenters. The SMILES string of the molecule is c1cc(-c2ccc(-c3ccc(N(c4ccc5ccc6ccccc6c5c4)c4ccccc4-c4ccc5c(c4)oc4ccccc45)cc3)cc2)cc(-n2c3ccccc3c3ccccc32)c1. The van der Waals surface area contributed by atoms with Gasteiger partial charge in [-0.2, -0.15) is 0 Å². The smallest absolute Gasteiger partial charge is 0.136 e. The van der Waals surface area contributed by atoms with E-state index in [4.69, 9.17) is 4.42 Å². The first-order chi connectivity index (χ1) is 32.2. The summed E-state index contributed by atoms with van der Waals surface area (Å²) in [5.41, 5.74) is 15.5. The van der Waals surface area contributed by atoms with Crippen LogP contribution in [0.2, 0.25) is 0 Å². The molecular formula is C62H40N2O. The molecule has 0 saturated carbocycles. The number of hydrogen-bond acceptors (Lipinski definition) is 2. The molecule has 11 aromatic carbocycles. The van der Waals surface area contributed by atoms with Gasteiger partial charge in [0.1, 0.15) is 11.2 Å². The van der Waals surface area contributed by atoms with Crippen LogP contribution in [0, 0.1) is 0 Å². The predicted molar refractivity (Wildman–Crippen MR) is 274 cm³/mol. The molecule has 0 saturated heterocycles. The highest BCUT2D eigenvalue weighted by atomic mass is 16.3. The molecule has 13 aromatic rings. The van der Waals surface area contributed by atoms with Crippen molar-refractivity contribution in [3.05, 3.63) is 243 Å². The van der Waals surface area contributed by atoms with Gasteiger partial charge in [0.25, 0.3) is 0 Å². The summed E-state index contributed by atoms with van der Waals surface area (Å²) in [6.07, 6.45) is 0. The molecule has 0 aliphatic heterocycles. The van der Waals surface area contributed by atoms with Crippen molar-refractivity contribution >= 4 is 82.4 Å². The molecule has 0 amide bonds. The van der Waals surface area contributed by atoms with Gasteiger partial charge in [-0.1, -0.05) is 170 Å². The second-order valence-electron chi connectivity index (χ2n) is 16.9. The zero-order chi connectivity index (χ0) is 42.8. The summed E-state index contributed by atoms with van der Waals surface area (Å²) in [5.74, 6) is 0. The molecule has 0 bridgehead atoms. The highest BCUT2D eigenvalue weighted by molar-refractivity contribution is 6.11. The lowest BCUT2D eigenvalue weighted by molar-refractivity contribution is 0.669. The third kappa shape index (κ3) is 6.20. The number of aromatic nitrogens is 1. The molecule has 2 heterocycles. The van der Waals surface area contributed by atoms with Crippen molar-refractivity contribution in [2.24, 2.45) is 0 Å². The number of fused-ring (bicyclic) bond motifs is 9. The van der Waals surface area contributed by atoms with Crippen LogP contribution in [-0.2, 0) is 0 Å². The first-order valence-electron chi connectivity index (χ1n) is 22.2. The molecule has 0 radical (unpaired) electrons. The minimum atomic E-state index is 0.883. The van der Waals surface area contributed by atoms with Crippen molar-refractivity contribution in [1.82, 2.24) is 4.57 Å². The van der Waals surface area contributed by atoms with Crippen LogP contribution >= 0.6 is 0 Å². The maximum atomic E-state index is 6.39. The Morgan fingerprint density at radius 1 is 0.308 bits per heavy atom. The zero-order valence-electron chi connectivity index (χ0n) is 35.4. The van der Waals surface area contributed by atoms with E-state index in [0.717, 1.165) is 61.4 Å². The number of anilines is 3. The van der Waals surface area contributed by atoms with E-state index < -0.39 is 0 Å². The molecule has 0 spiro atoms. The van der Waals surface area contributed by atoms with Crippen LogP contribution in [0.15, 0.2) is 247 Å². The van der Waals surface area contributed by atoms with Crippen LogP contribution in [-0.4, -0.2) is 4.57 Å². The average molecular weight is 829 g/mol. The number of benzene rings is 11. The van der Waals surface area contributed by atoms with Gasteiger partial charge in [0, 0.05) is 44.2 Å². The minimum absolute atomic E-state index is 0.883. The summed E-state index contributed by atoms with van der Waals surface area (Å²) in [5, 5.41) is 9.70. The minimum Gasteiger partial charge on any atom is -0.456 e. The van der Waals surface area contributed by atoms with E-state index in [9.17, 15) is 0 Å². The Bertz CT molecular complexity index is 3900. The standard InChI is InChI=1S/C62H40N2O/c1-2-15-51-44(12-1)28-29-45-32-36-50(40-57(45)51)63(58-20-7-3-16-52(58)47-33-37-56-55-19-6-10-23-61(55)65-62(56)39-47)48-34-30-42(31-35-48)41-24-26-43(27-25-41)46-13-11-14-49(38-46)64-59-21-8-4-17-53(59)54-18-5-9-22-60(54)64/h1-40H. The van der Waals surface area contributed by atoms with E-state index in [0.29, 0.717) is 0 Å². The van der Waals surface area contributed by atoms with Crippen LogP contribution in [0.3, 0.4) is 0 Å². The van der Waals surface area contributed by atoms with Crippen LogP contribution in [0.25, 0.3) is 104 Å². The molecule has 0 atom stereocenters. The van der Waals surface area contributed by atoms with E-state index >= 15 is 0 Å². The van der Waals surface area contributed by atoms with Gasteiger partial charge in [0.2, 0.25) is 0 Å². The Morgan fingerprint density at radius 2 is 0.862 bits per heavy atom. The van der Waals surface area contributed by atoms with E-state index in [1.165, 1.54) is 60.0 Å². The summed E-state index contributed by atoms with van der Waals surface area (Å²) in [6, 6.07) is 87.8. The van der Waals surface area contributed by atoms with Crippen LogP contribution in [0.1, 0.15) is 0 Å². The number of nitrogens with zero attached hydrogens (tertiary/aromatic N) is 2. The second-order valence-corrected chi connectivity index (χ2v) is 16.9. The van der Waals surface area contributed by atoms with Gasteiger partial charge in [0.15, 0.2) is 0 Å². The van der Waals surface area contributed by atoms with Gasteiger partial charge >= 0.3 is 0 Å². The molecule has 304 valence electrons. The van der Waals surface area contributed by atoms with Gasteiger partial charge in [-0.3, -0.25) is 0 Å². The van der Waals surface area contributed by atoms with E-state index in [-0.39, 0.29) is 0 Å². The molecular weight excluding hydrogens is 789 g/mol. The Labute approximate surface area is 376 Å². The summed E-state index contributed by atoms with van der Waals surface area (Å²) in [7, 11) is 0. The fourth-order valence-corrected chi connectivity index (χ4v) is 10.0. The van der Waals surface area contributed by atoms with Crippen molar-refractivity contribution in [2.75, 3.05) is 4.90 Å². The molecule has 0 fully saturated rings. The largest absolute Gasteiger partial charge is 0.456 e. The maximum Gasteiger partial charge on any atom is 0.136 e. The fraction of sp³-hybridized carbons (Fsp3) is 0. The normalized spacial score (nSPS) is 11.7.